The third-order valence-electron chi connectivity index (χ3n) is 4.67. The second-order valence-electron chi connectivity index (χ2n) is 6.32. The fourth-order valence-corrected chi connectivity index (χ4v) is 3.27. The van der Waals surface area contributed by atoms with E-state index < -0.39 is 0 Å². The van der Waals surface area contributed by atoms with Crippen molar-refractivity contribution >= 4 is 5.91 Å². The van der Waals surface area contributed by atoms with Gasteiger partial charge in [-0.05, 0) is 23.3 Å². The van der Waals surface area contributed by atoms with Crippen molar-refractivity contribution < 1.29 is 23.7 Å². The van der Waals surface area contributed by atoms with Crippen LogP contribution in [0.1, 0.15) is 17.2 Å². The molecule has 1 fully saturated rings. The van der Waals surface area contributed by atoms with Crippen molar-refractivity contribution in [2.24, 2.45) is 0 Å². The Balaban J connectivity index is 1.73. The van der Waals surface area contributed by atoms with Crippen molar-refractivity contribution in [2.45, 2.75) is 12.5 Å². The number of morpholine rings is 1. The summed E-state index contributed by atoms with van der Waals surface area (Å²) < 4.78 is 21.9. The van der Waals surface area contributed by atoms with Crippen LogP contribution in [-0.2, 0) is 16.0 Å². The number of nitrogens with zero attached hydrogens (tertiary/aromatic N) is 1. The van der Waals surface area contributed by atoms with Gasteiger partial charge in [0.1, 0.15) is 6.10 Å². The van der Waals surface area contributed by atoms with Gasteiger partial charge < -0.3 is 23.8 Å². The van der Waals surface area contributed by atoms with E-state index in [9.17, 15) is 4.79 Å². The molecule has 1 aliphatic rings. The minimum atomic E-state index is -0.0937. The normalized spacial score (nSPS) is 16.7. The minimum absolute atomic E-state index is 0.0495. The monoisotopic (exact) mass is 371 g/mol. The first kappa shape index (κ1) is 19.0. The number of hydrogen-bond donors (Lipinski definition) is 0. The first-order valence-electron chi connectivity index (χ1n) is 8.89. The molecule has 6 nitrogen and oxygen atoms in total. The number of amides is 1. The van der Waals surface area contributed by atoms with Crippen LogP contribution in [0.5, 0.6) is 17.2 Å². The zero-order valence-corrected chi connectivity index (χ0v) is 15.9. The van der Waals surface area contributed by atoms with Gasteiger partial charge in [0.2, 0.25) is 11.7 Å². The van der Waals surface area contributed by atoms with Crippen LogP contribution in [0.25, 0.3) is 0 Å². The molecular weight excluding hydrogens is 346 g/mol. The quantitative estimate of drug-likeness (QED) is 0.782. The van der Waals surface area contributed by atoms with E-state index in [-0.39, 0.29) is 18.4 Å². The molecule has 2 aromatic carbocycles. The molecule has 3 rings (SSSR count). The first-order chi connectivity index (χ1) is 13.2. The molecule has 1 aliphatic heterocycles. The number of methoxy groups -OCH3 is 3. The van der Waals surface area contributed by atoms with Gasteiger partial charge in [0.05, 0.1) is 40.9 Å². The summed E-state index contributed by atoms with van der Waals surface area (Å²) in [6.45, 7) is 1.67. The van der Waals surface area contributed by atoms with Crippen molar-refractivity contribution in [2.75, 3.05) is 41.0 Å². The Bertz CT molecular complexity index is 752. The number of carbonyl (C=O) groups excluding carboxylic acids is 1. The van der Waals surface area contributed by atoms with Gasteiger partial charge in [0.15, 0.2) is 11.5 Å². The van der Waals surface area contributed by atoms with Gasteiger partial charge in [-0.25, -0.2) is 0 Å². The Morgan fingerprint density at radius 3 is 2.33 bits per heavy atom. The molecule has 0 radical (unpaired) electrons. The highest BCUT2D eigenvalue weighted by Gasteiger charge is 2.26. The van der Waals surface area contributed by atoms with Gasteiger partial charge >= 0.3 is 0 Å². The lowest BCUT2D eigenvalue weighted by atomic mass is 10.1. The lowest BCUT2D eigenvalue weighted by Crippen LogP contribution is -2.42. The molecule has 0 N–H and O–H groups in total. The Morgan fingerprint density at radius 1 is 1.07 bits per heavy atom. The van der Waals surface area contributed by atoms with E-state index in [1.165, 1.54) is 0 Å². The molecule has 1 heterocycles. The third-order valence-corrected chi connectivity index (χ3v) is 4.67. The molecule has 0 aliphatic carbocycles. The van der Waals surface area contributed by atoms with Crippen molar-refractivity contribution in [3.8, 4) is 17.2 Å². The molecule has 1 saturated heterocycles. The number of carbonyl (C=O) groups is 1. The van der Waals surface area contributed by atoms with E-state index in [0.29, 0.717) is 36.9 Å². The molecule has 1 atom stereocenters. The van der Waals surface area contributed by atoms with Crippen molar-refractivity contribution in [1.82, 2.24) is 4.90 Å². The summed E-state index contributed by atoms with van der Waals surface area (Å²) in [5, 5.41) is 0. The van der Waals surface area contributed by atoms with Crippen LogP contribution in [0.3, 0.4) is 0 Å². The number of benzene rings is 2. The molecule has 2 aromatic rings. The molecule has 0 unspecified atom stereocenters. The summed E-state index contributed by atoms with van der Waals surface area (Å²) in [7, 11) is 4.69. The zero-order valence-electron chi connectivity index (χ0n) is 15.9. The fraction of sp³-hybridized carbons (Fsp3) is 0.381. The van der Waals surface area contributed by atoms with Crippen LogP contribution >= 0.6 is 0 Å². The standard InChI is InChI=1S/C21H25NO5/c1-24-17-11-15(12-18(25-2)21(17)26-3)13-20(23)22-9-10-27-19(14-22)16-7-5-4-6-8-16/h4-8,11-12,19H,9-10,13-14H2,1-3H3/t19-/m1/s1. The van der Waals surface area contributed by atoms with Crippen molar-refractivity contribution in [1.29, 1.82) is 0 Å². The molecule has 0 spiro atoms. The van der Waals surface area contributed by atoms with Gasteiger partial charge in [-0.2, -0.15) is 0 Å². The minimum Gasteiger partial charge on any atom is -0.493 e. The maximum absolute atomic E-state index is 12.9. The molecule has 27 heavy (non-hydrogen) atoms. The van der Waals surface area contributed by atoms with Gasteiger partial charge in [-0.3, -0.25) is 4.79 Å². The van der Waals surface area contributed by atoms with Crippen LogP contribution in [0, 0.1) is 0 Å². The van der Waals surface area contributed by atoms with Crippen molar-refractivity contribution in [3.05, 3.63) is 53.6 Å². The predicted molar refractivity (Wildman–Crippen MR) is 102 cm³/mol. The highest BCUT2D eigenvalue weighted by molar-refractivity contribution is 5.79. The zero-order chi connectivity index (χ0) is 19.2. The topological polar surface area (TPSA) is 57.2 Å². The largest absolute Gasteiger partial charge is 0.493 e. The Hall–Kier alpha value is -2.73. The Labute approximate surface area is 159 Å². The second-order valence-corrected chi connectivity index (χ2v) is 6.32. The summed E-state index contributed by atoms with van der Waals surface area (Å²) >= 11 is 0. The lowest BCUT2D eigenvalue weighted by Gasteiger charge is -2.33. The molecular formula is C21H25NO5. The maximum Gasteiger partial charge on any atom is 0.227 e. The smallest absolute Gasteiger partial charge is 0.227 e. The molecule has 0 aromatic heterocycles. The third kappa shape index (κ3) is 4.34. The fourth-order valence-electron chi connectivity index (χ4n) is 3.27. The molecule has 1 amide bonds. The lowest BCUT2D eigenvalue weighted by molar-refractivity contribution is -0.138. The summed E-state index contributed by atoms with van der Waals surface area (Å²) in [6, 6.07) is 13.6. The molecule has 0 saturated carbocycles. The first-order valence-corrected chi connectivity index (χ1v) is 8.89. The summed E-state index contributed by atoms with van der Waals surface area (Å²) in [6.07, 6.45) is 0.168. The highest BCUT2D eigenvalue weighted by Crippen LogP contribution is 2.38. The average molecular weight is 371 g/mol. The summed E-state index contributed by atoms with van der Waals surface area (Å²) in [5.41, 5.74) is 1.90. The average Bonchev–Trinajstić information content (AvgIpc) is 2.73. The van der Waals surface area contributed by atoms with E-state index in [4.69, 9.17) is 18.9 Å². The van der Waals surface area contributed by atoms with Crippen LogP contribution in [0.4, 0.5) is 0 Å². The van der Waals surface area contributed by atoms with Crippen LogP contribution in [-0.4, -0.2) is 51.8 Å². The van der Waals surface area contributed by atoms with E-state index in [0.717, 1.165) is 11.1 Å². The predicted octanol–water partition coefficient (Wildman–Crippen LogP) is 2.86. The maximum atomic E-state index is 12.9. The Kier molecular flexibility index (Phi) is 6.19. The number of rotatable bonds is 6. The molecule has 0 bridgehead atoms. The van der Waals surface area contributed by atoms with Gasteiger partial charge in [0.25, 0.3) is 0 Å². The van der Waals surface area contributed by atoms with Crippen LogP contribution < -0.4 is 14.2 Å². The summed E-state index contributed by atoms with van der Waals surface area (Å²) in [5.74, 6) is 1.66. The second kappa shape index (κ2) is 8.77. The van der Waals surface area contributed by atoms with E-state index in [1.807, 2.05) is 47.4 Å². The van der Waals surface area contributed by atoms with Gasteiger partial charge in [-0.15, -0.1) is 0 Å². The van der Waals surface area contributed by atoms with E-state index in [2.05, 4.69) is 0 Å². The van der Waals surface area contributed by atoms with E-state index >= 15 is 0 Å². The molecule has 144 valence electrons. The van der Waals surface area contributed by atoms with Crippen LogP contribution in [0.15, 0.2) is 42.5 Å². The highest BCUT2D eigenvalue weighted by atomic mass is 16.5. The Morgan fingerprint density at radius 2 is 1.74 bits per heavy atom. The van der Waals surface area contributed by atoms with Crippen molar-refractivity contribution in [3.63, 3.8) is 0 Å². The SMILES string of the molecule is COc1cc(CC(=O)N2CCO[C@@H](c3ccccc3)C2)cc(OC)c1OC. The van der Waals surface area contributed by atoms with Crippen LogP contribution in [0.2, 0.25) is 0 Å². The van der Waals surface area contributed by atoms with Gasteiger partial charge in [0, 0.05) is 6.54 Å². The van der Waals surface area contributed by atoms with Gasteiger partial charge in [-0.1, -0.05) is 30.3 Å². The molecule has 6 heteroatoms. The van der Waals surface area contributed by atoms with E-state index in [1.54, 1.807) is 21.3 Å². The number of hydrogen-bond acceptors (Lipinski definition) is 5. The number of ether oxygens (including phenoxy) is 4. The summed E-state index contributed by atoms with van der Waals surface area (Å²) in [4.78, 5) is 14.7.